The van der Waals surface area contributed by atoms with Crippen LogP contribution in [0.3, 0.4) is 0 Å². The molecule has 3 rings (SSSR count). The van der Waals surface area contributed by atoms with Gasteiger partial charge in [-0.05, 0) is 79.9 Å². The Bertz CT molecular complexity index is 1120. The molecule has 0 saturated heterocycles. The predicted octanol–water partition coefficient (Wildman–Crippen LogP) is 4.90. The Hall–Kier alpha value is -3.32. The van der Waals surface area contributed by atoms with Gasteiger partial charge in [-0.15, -0.1) is 0 Å². The van der Waals surface area contributed by atoms with E-state index in [-0.39, 0.29) is 10.8 Å². The van der Waals surface area contributed by atoms with Crippen molar-refractivity contribution in [1.29, 1.82) is 0 Å². The fourth-order valence-corrected chi connectivity index (χ4v) is 4.21. The van der Waals surface area contributed by atoms with Crippen LogP contribution in [0.15, 0.2) is 77.7 Å². The van der Waals surface area contributed by atoms with Gasteiger partial charge in [0.05, 0.1) is 4.90 Å². The summed E-state index contributed by atoms with van der Waals surface area (Å²) in [6.45, 7) is 5.68. The summed E-state index contributed by atoms with van der Waals surface area (Å²) in [6, 6.07) is 20.7. The van der Waals surface area contributed by atoms with Crippen LogP contribution in [-0.4, -0.2) is 20.4 Å². The molecule has 0 aliphatic heterocycles. The predicted molar refractivity (Wildman–Crippen MR) is 123 cm³/mol. The fourth-order valence-electron chi connectivity index (χ4n) is 3.17. The molecule has 3 aromatic rings. The molecule has 0 aliphatic carbocycles. The van der Waals surface area contributed by atoms with E-state index in [0.717, 1.165) is 11.1 Å². The number of hydrogen-bond donors (Lipinski definition) is 2. The molecule has 0 aromatic heterocycles. The molecular weight excluding hydrogens is 412 g/mol. The molecule has 1 atom stereocenters. The van der Waals surface area contributed by atoms with E-state index in [0.29, 0.717) is 23.5 Å². The van der Waals surface area contributed by atoms with Gasteiger partial charge in [0, 0.05) is 11.4 Å². The molecule has 0 fully saturated rings. The maximum Gasteiger partial charge on any atom is 0.265 e. The molecule has 162 valence electrons. The van der Waals surface area contributed by atoms with Crippen molar-refractivity contribution < 1.29 is 17.9 Å². The van der Waals surface area contributed by atoms with Crippen molar-refractivity contribution in [2.24, 2.45) is 0 Å². The normalized spacial score (nSPS) is 12.1. The standard InChI is InChI=1S/C24H26N2O4S/c1-4-23(30-21-8-6-5-7-9-21)24(27)25-19-10-12-22(13-11-19)31(28,29)26-20-15-17(2)14-18(3)16-20/h5-16,23,26H,4H2,1-3H3,(H,25,27). The third-order valence-corrected chi connectivity index (χ3v) is 5.99. The molecule has 31 heavy (non-hydrogen) atoms. The van der Waals surface area contributed by atoms with Gasteiger partial charge in [-0.3, -0.25) is 9.52 Å². The Morgan fingerprint density at radius 1 is 0.903 bits per heavy atom. The van der Waals surface area contributed by atoms with Crippen LogP contribution in [-0.2, 0) is 14.8 Å². The van der Waals surface area contributed by atoms with Crippen molar-refractivity contribution in [3.8, 4) is 5.75 Å². The van der Waals surface area contributed by atoms with Crippen molar-refractivity contribution in [1.82, 2.24) is 0 Å². The topological polar surface area (TPSA) is 84.5 Å². The fraction of sp³-hybridized carbons (Fsp3) is 0.208. The summed E-state index contributed by atoms with van der Waals surface area (Å²) >= 11 is 0. The van der Waals surface area contributed by atoms with Crippen LogP contribution in [0.2, 0.25) is 0 Å². The minimum absolute atomic E-state index is 0.109. The molecule has 1 unspecified atom stereocenters. The molecule has 3 aromatic carbocycles. The highest BCUT2D eigenvalue weighted by atomic mass is 32.2. The van der Waals surface area contributed by atoms with Gasteiger partial charge in [-0.1, -0.05) is 31.2 Å². The van der Waals surface area contributed by atoms with Crippen LogP contribution in [0.1, 0.15) is 24.5 Å². The highest BCUT2D eigenvalue weighted by Gasteiger charge is 2.19. The zero-order chi connectivity index (χ0) is 22.4. The Balaban J connectivity index is 1.68. The summed E-state index contributed by atoms with van der Waals surface area (Å²) < 4.78 is 33.7. The molecule has 0 saturated carbocycles. The highest BCUT2D eigenvalue weighted by Crippen LogP contribution is 2.21. The summed E-state index contributed by atoms with van der Waals surface area (Å²) in [5.74, 6) is 0.318. The Morgan fingerprint density at radius 3 is 2.10 bits per heavy atom. The maximum absolute atomic E-state index is 12.7. The monoisotopic (exact) mass is 438 g/mol. The minimum atomic E-state index is -3.74. The lowest BCUT2D eigenvalue weighted by Gasteiger charge is -2.17. The summed E-state index contributed by atoms with van der Waals surface area (Å²) in [5, 5.41) is 2.78. The average molecular weight is 439 g/mol. The second-order valence-corrected chi connectivity index (χ2v) is 9.01. The zero-order valence-electron chi connectivity index (χ0n) is 17.8. The number of nitrogens with one attached hydrogen (secondary N) is 2. The lowest BCUT2D eigenvalue weighted by atomic mass is 10.1. The summed E-state index contributed by atoms with van der Waals surface area (Å²) in [7, 11) is -3.74. The highest BCUT2D eigenvalue weighted by molar-refractivity contribution is 7.92. The molecule has 2 N–H and O–H groups in total. The molecular formula is C24H26N2O4S. The van der Waals surface area contributed by atoms with E-state index in [1.165, 1.54) is 12.1 Å². The van der Waals surface area contributed by atoms with E-state index in [1.54, 1.807) is 36.4 Å². The summed E-state index contributed by atoms with van der Waals surface area (Å²) in [5.41, 5.74) is 2.95. The van der Waals surface area contributed by atoms with Crippen LogP contribution in [0.5, 0.6) is 5.75 Å². The number of carbonyl (C=O) groups is 1. The van der Waals surface area contributed by atoms with Crippen molar-refractivity contribution in [3.63, 3.8) is 0 Å². The van der Waals surface area contributed by atoms with E-state index in [2.05, 4.69) is 10.0 Å². The molecule has 1 amide bonds. The molecule has 0 heterocycles. The largest absolute Gasteiger partial charge is 0.481 e. The van der Waals surface area contributed by atoms with Gasteiger partial charge in [0.1, 0.15) is 5.75 Å². The van der Waals surface area contributed by atoms with E-state index in [9.17, 15) is 13.2 Å². The van der Waals surface area contributed by atoms with Crippen LogP contribution >= 0.6 is 0 Å². The lowest BCUT2D eigenvalue weighted by molar-refractivity contribution is -0.122. The van der Waals surface area contributed by atoms with Gasteiger partial charge in [-0.25, -0.2) is 8.42 Å². The smallest absolute Gasteiger partial charge is 0.265 e. The van der Waals surface area contributed by atoms with Crippen LogP contribution in [0, 0.1) is 13.8 Å². The summed E-state index contributed by atoms with van der Waals surface area (Å²) in [6.07, 6.45) is -0.162. The number of aryl methyl sites for hydroxylation is 2. The van der Waals surface area contributed by atoms with Gasteiger partial charge >= 0.3 is 0 Å². The molecule has 7 heteroatoms. The molecule has 0 spiro atoms. The van der Waals surface area contributed by atoms with Crippen LogP contribution in [0.4, 0.5) is 11.4 Å². The first-order valence-corrected chi connectivity index (χ1v) is 11.5. The minimum Gasteiger partial charge on any atom is -0.481 e. The third kappa shape index (κ3) is 6.08. The first-order chi connectivity index (χ1) is 14.8. The van der Waals surface area contributed by atoms with Gasteiger partial charge in [-0.2, -0.15) is 0 Å². The molecule has 6 nitrogen and oxygen atoms in total. The van der Waals surface area contributed by atoms with Crippen LogP contribution in [0.25, 0.3) is 0 Å². The molecule has 0 radical (unpaired) electrons. The van der Waals surface area contributed by atoms with Gasteiger partial charge in [0.15, 0.2) is 6.10 Å². The van der Waals surface area contributed by atoms with Crippen molar-refractivity contribution in [2.75, 3.05) is 10.0 Å². The number of rotatable bonds is 8. The van der Waals surface area contributed by atoms with Crippen LogP contribution < -0.4 is 14.8 Å². The van der Waals surface area contributed by atoms with Crippen molar-refractivity contribution in [3.05, 3.63) is 83.9 Å². The van der Waals surface area contributed by atoms with Gasteiger partial charge in [0.25, 0.3) is 15.9 Å². The van der Waals surface area contributed by atoms with E-state index >= 15 is 0 Å². The first kappa shape index (κ1) is 22.4. The number of anilines is 2. The second-order valence-electron chi connectivity index (χ2n) is 7.32. The quantitative estimate of drug-likeness (QED) is 0.524. The number of para-hydroxylation sites is 1. The summed E-state index contributed by atoms with van der Waals surface area (Å²) in [4.78, 5) is 12.7. The average Bonchev–Trinajstić information content (AvgIpc) is 2.72. The van der Waals surface area contributed by atoms with Gasteiger partial charge in [0.2, 0.25) is 0 Å². The van der Waals surface area contributed by atoms with Crippen molar-refractivity contribution in [2.45, 2.75) is 38.2 Å². The SMILES string of the molecule is CCC(Oc1ccccc1)C(=O)Nc1ccc(S(=O)(=O)Nc2cc(C)cc(C)c2)cc1. The van der Waals surface area contributed by atoms with E-state index in [4.69, 9.17) is 4.74 Å². The van der Waals surface area contributed by atoms with Gasteiger partial charge < -0.3 is 10.1 Å². The number of carbonyl (C=O) groups excluding carboxylic acids is 1. The van der Waals surface area contributed by atoms with Crippen molar-refractivity contribution >= 4 is 27.3 Å². The maximum atomic E-state index is 12.7. The number of ether oxygens (including phenoxy) is 1. The lowest BCUT2D eigenvalue weighted by Crippen LogP contribution is -2.32. The Morgan fingerprint density at radius 2 is 1.52 bits per heavy atom. The number of amides is 1. The van der Waals surface area contributed by atoms with E-state index < -0.39 is 16.1 Å². The number of benzene rings is 3. The molecule has 0 bridgehead atoms. The van der Waals surface area contributed by atoms with E-state index in [1.807, 2.05) is 45.0 Å². The zero-order valence-corrected chi connectivity index (χ0v) is 18.6. The third-order valence-electron chi connectivity index (χ3n) is 4.59. The Labute approximate surface area is 183 Å². The number of hydrogen-bond acceptors (Lipinski definition) is 4. The second kappa shape index (κ2) is 9.66. The number of sulfonamides is 1. The Kier molecular flexibility index (Phi) is 6.97. The first-order valence-electron chi connectivity index (χ1n) is 10.0. The molecule has 0 aliphatic rings.